The number of thiocarbonyl (C=S) groups is 1. The number of hydrogen-bond acceptors (Lipinski definition) is 4. The van der Waals surface area contributed by atoms with Gasteiger partial charge in [0.25, 0.3) is 6.41 Å². The Hall–Kier alpha value is -1.84. The maximum Gasteiger partial charge on any atom is 0.264 e. The van der Waals surface area contributed by atoms with Gasteiger partial charge in [0.05, 0.1) is 11.8 Å². The van der Waals surface area contributed by atoms with Gasteiger partial charge in [-0.25, -0.2) is 0 Å². The van der Waals surface area contributed by atoms with Crippen molar-refractivity contribution in [1.29, 1.82) is 0 Å². The lowest BCUT2D eigenvalue weighted by atomic mass is 9.98. The van der Waals surface area contributed by atoms with E-state index < -0.39 is 6.41 Å². The molecule has 1 aliphatic carbocycles. The van der Waals surface area contributed by atoms with Crippen LogP contribution in [0.1, 0.15) is 17.0 Å². The Morgan fingerprint density at radius 1 is 1.10 bits per heavy atom. The Morgan fingerprint density at radius 2 is 1.65 bits per heavy atom. The van der Waals surface area contributed by atoms with Gasteiger partial charge in [0.15, 0.2) is 0 Å². The van der Waals surface area contributed by atoms with Crippen molar-refractivity contribution in [2.24, 2.45) is 4.99 Å². The number of aliphatic imine (C=N–C) groups is 1. The molecule has 0 fully saturated rings. The summed E-state index contributed by atoms with van der Waals surface area (Å²) in [5.41, 5.74) is 4.88. The highest BCUT2D eigenvalue weighted by Crippen LogP contribution is 2.44. The highest BCUT2D eigenvalue weighted by Gasteiger charge is 2.28. The molecular formula is C16H13NO2S. The second-order valence-electron chi connectivity index (χ2n) is 4.61. The molecule has 0 spiro atoms. The van der Waals surface area contributed by atoms with E-state index in [1.165, 1.54) is 22.3 Å². The Balaban J connectivity index is 1.93. The number of ether oxygens (including phenoxy) is 1. The Labute approximate surface area is 122 Å². The molecule has 0 saturated carbocycles. The molecule has 20 heavy (non-hydrogen) atoms. The first-order valence-corrected chi connectivity index (χ1v) is 6.77. The van der Waals surface area contributed by atoms with Crippen molar-refractivity contribution in [3.63, 3.8) is 0 Å². The van der Waals surface area contributed by atoms with E-state index >= 15 is 0 Å². The second-order valence-corrected chi connectivity index (χ2v) is 4.79. The minimum absolute atomic E-state index is 0.109. The number of nitrogens with zero attached hydrogens (tertiary/aromatic N) is 1. The van der Waals surface area contributed by atoms with Crippen LogP contribution in [-0.4, -0.2) is 23.3 Å². The molecule has 0 aliphatic heterocycles. The van der Waals surface area contributed by atoms with Gasteiger partial charge in [0.2, 0.25) is 0 Å². The summed E-state index contributed by atoms with van der Waals surface area (Å²) in [5.74, 6) is 0.109. The topological polar surface area (TPSA) is 41.8 Å². The molecule has 3 rings (SSSR count). The molecule has 3 nitrogen and oxygen atoms in total. The first kappa shape index (κ1) is 13.2. The van der Waals surface area contributed by atoms with Crippen LogP contribution in [0.5, 0.6) is 0 Å². The molecule has 1 unspecified atom stereocenters. The predicted octanol–water partition coefficient (Wildman–Crippen LogP) is 3.19. The molecule has 0 aromatic heterocycles. The number of fused-ring (bicyclic) bond motifs is 3. The van der Waals surface area contributed by atoms with Crippen molar-refractivity contribution < 1.29 is 9.84 Å². The van der Waals surface area contributed by atoms with Crippen LogP contribution < -0.4 is 0 Å². The molecule has 0 heterocycles. The molecule has 1 atom stereocenters. The van der Waals surface area contributed by atoms with E-state index in [2.05, 4.69) is 46.6 Å². The fourth-order valence-corrected chi connectivity index (χ4v) is 2.79. The lowest BCUT2D eigenvalue weighted by molar-refractivity contribution is -0.0931. The van der Waals surface area contributed by atoms with Crippen LogP contribution in [0, 0.1) is 0 Å². The lowest BCUT2D eigenvalue weighted by Crippen LogP contribution is -2.14. The number of aliphatic hydroxyl groups excluding tert-OH is 1. The van der Waals surface area contributed by atoms with Crippen molar-refractivity contribution in [2.75, 3.05) is 6.61 Å². The summed E-state index contributed by atoms with van der Waals surface area (Å²) in [6.45, 7) is 0.357. The molecule has 0 saturated heterocycles. The van der Waals surface area contributed by atoms with Gasteiger partial charge in [-0.3, -0.25) is 0 Å². The number of hydrogen-bond donors (Lipinski definition) is 1. The second kappa shape index (κ2) is 5.65. The van der Waals surface area contributed by atoms with E-state index in [-0.39, 0.29) is 5.92 Å². The zero-order valence-corrected chi connectivity index (χ0v) is 11.5. The SMILES string of the molecule is OC(N=C=S)OCC1c2ccccc2-c2ccccc21. The monoisotopic (exact) mass is 283 g/mol. The molecule has 0 bridgehead atoms. The molecule has 2 aromatic rings. The first-order chi connectivity index (χ1) is 9.81. The van der Waals surface area contributed by atoms with E-state index in [1.807, 2.05) is 24.3 Å². The zero-order chi connectivity index (χ0) is 13.9. The average molecular weight is 283 g/mol. The van der Waals surface area contributed by atoms with Crippen molar-refractivity contribution in [3.05, 3.63) is 59.7 Å². The minimum atomic E-state index is -1.24. The zero-order valence-electron chi connectivity index (χ0n) is 10.7. The highest BCUT2D eigenvalue weighted by molar-refractivity contribution is 7.78. The molecule has 2 aromatic carbocycles. The van der Waals surface area contributed by atoms with Crippen LogP contribution >= 0.6 is 12.2 Å². The maximum absolute atomic E-state index is 9.49. The quantitative estimate of drug-likeness (QED) is 0.532. The van der Waals surface area contributed by atoms with Crippen LogP contribution in [0.15, 0.2) is 53.5 Å². The summed E-state index contributed by atoms with van der Waals surface area (Å²) in [6.07, 6.45) is -1.24. The number of rotatable bonds is 4. The van der Waals surface area contributed by atoms with Crippen LogP contribution in [0.4, 0.5) is 0 Å². The lowest BCUT2D eigenvalue weighted by Gasteiger charge is -2.14. The summed E-state index contributed by atoms with van der Waals surface area (Å²) in [7, 11) is 0. The smallest absolute Gasteiger partial charge is 0.264 e. The highest BCUT2D eigenvalue weighted by atomic mass is 32.1. The summed E-state index contributed by atoms with van der Waals surface area (Å²) in [4.78, 5) is 3.50. The average Bonchev–Trinajstić information content (AvgIpc) is 2.80. The fourth-order valence-electron chi connectivity index (χ4n) is 2.70. The first-order valence-electron chi connectivity index (χ1n) is 6.36. The predicted molar refractivity (Wildman–Crippen MR) is 80.7 cm³/mol. The third-order valence-electron chi connectivity index (χ3n) is 3.54. The maximum atomic E-state index is 9.49. The van der Waals surface area contributed by atoms with E-state index in [0.717, 1.165) is 0 Å². The molecule has 0 amide bonds. The van der Waals surface area contributed by atoms with Gasteiger partial charge in [-0.15, -0.1) is 0 Å². The van der Waals surface area contributed by atoms with E-state index in [1.54, 1.807) is 0 Å². The largest absolute Gasteiger partial charge is 0.349 e. The summed E-state index contributed by atoms with van der Waals surface area (Å²) in [5, 5.41) is 11.6. The van der Waals surface area contributed by atoms with Gasteiger partial charge < -0.3 is 9.84 Å². The van der Waals surface area contributed by atoms with Gasteiger partial charge in [-0.1, -0.05) is 48.5 Å². The van der Waals surface area contributed by atoms with Crippen molar-refractivity contribution in [1.82, 2.24) is 0 Å². The molecular weight excluding hydrogens is 270 g/mol. The number of isothiocyanates is 1. The van der Waals surface area contributed by atoms with Crippen molar-refractivity contribution in [3.8, 4) is 11.1 Å². The molecule has 0 radical (unpaired) electrons. The third-order valence-corrected chi connectivity index (χ3v) is 3.64. The molecule has 1 aliphatic rings. The van der Waals surface area contributed by atoms with Crippen LogP contribution in [0.25, 0.3) is 11.1 Å². The third kappa shape index (κ3) is 2.30. The van der Waals surface area contributed by atoms with E-state index in [0.29, 0.717) is 6.61 Å². The summed E-state index contributed by atoms with van der Waals surface area (Å²) in [6, 6.07) is 16.5. The standard InChI is InChI=1S/C16H13NO2S/c18-16(17-10-20)19-9-15-13-7-3-1-5-11(13)12-6-2-4-8-14(12)15/h1-8,15-16,18H,9H2. The normalized spacial score (nSPS) is 14.2. The molecule has 4 heteroatoms. The number of benzene rings is 2. The van der Waals surface area contributed by atoms with Gasteiger partial charge in [-0.05, 0) is 34.5 Å². The van der Waals surface area contributed by atoms with Crippen molar-refractivity contribution >= 4 is 17.4 Å². The summed E-state index contributed by atoms with van der Waals surface area (Å²) < 4.78 is 5.34. The van der Waals surface area contributed by atoms with Gasteiger partial charge in [0, 0.05) is 5.92 Å². The van der Waals surface area contributed by atoms with Crippen LogP contribution in [0.2, 0.25) is 0 Å². The van der Waals surface area contributed by atoms with Crippen molar-refractivity contribution in [2.45, 2.75) is 12.3 Å². The van der Waals surface area contributed by atoms with Crippen LogP contribution in [0.3, 0.4) is 0 Å². The fraction of sp³-hybridized carbons (Fsp3) is 0.188. The van der Waals surface area contributed by atoms with Crippen LogP contribution in [-0.2, 0) is 4.74 Å². The summed E-state index contributed by atoms with van der Waals surface area (Å²) >= 11 is 4.45. The van der Waals surface area contributed by atoms with Gasteiger partial charge >= 0.3 is 0 Å². The van der Waals surface area contributed by atoms with Gasteiger partial charge in [0.1, 0.15) is 0 Å². The van der Waals surface area contributed by atoms with E-state index in [9.17, 15) is 5.11 Å². The Bertz CT molecular complexity index is 634. The Morgan fingerprint density at radius 3 is 2.20 bits per heavy atom. The molecule has 100 valence electrons. The minimum Gasteiger partial charge on any atom is -0.349 e. The number of aliphatic hydroxyl groups is 1. The van der Waals surface area contributed by atoms with Gasteiger partial charge in [-0.2, -0.15) is 4.99 Å². The molecule has 1 N–H and O–H groups in total. The Kier molecular flexibility index (Phi) is 3.72. The van der Waals surface area contributed by atoms with E-state index in [4.69, 9.17) is 4.74 Å².